The number of halogens is 2. The third-order valence-corrected chi connectivity index (χ3v) is 4.21. The summed E-state index contributed by atoms with van der Waals surface area (Å²) in [5.41, 5.74) is 0.616. The van der Waals surface area contributed by atoms with E-state index in [1.807, 2.05) is 12.1 Å². The van der Waals surface area contributed by atoms with Crippen molar-refractivity contribution >= 4 is 34.2 Å². The summed E-state index contributed by atoms with van der Waals surface area (Å²) >= 11 is 3.41. The second-order valence-corrected chi connectivity index (χ2v) is 5.75. The van der Waals surface area contributed by atoms with Crippen molar-refractivity contribution in [2.75, 3.05) is 20.2 Å². The maximum Gasteiger partial charge on any atom is 0.252 e. The maximum atomic E-state index is 12.3. The van der Waals surface area contributed by atoms with Gasteiger partial charge in [0.05, 0.1) is 12.7 Å². The smallest absolute Gasteiger partial charge is 0.252 e. The minimum absolute atomic E-state index is 0. The SMILES string of the molecule is COc1ccc(Br)c(C(=O)NC2CCNCC2C)c1.Cl. The highest BCUT2D eigenvalue weighted by atomic mass is 79.9. The van der Waals surface area contributed by atoms with Gasteiger partial charge in [-0.05, 0) is 59.6 Å². The molecule has 2 rings (SSSR count). The minimum Gasteiger partial charge on any atom is -0.497 e. The summed E-state index contributed by atoms with van der Waals surface area (Å²) < 4.78 is 5.94. The van der Waals surface area contributed by atoms with E-state index in [1.54, 1.807) is 13.2 Å². The van der Waals surface area contributed by atoms with E-state index in [4.69, 9.17) is 4.74 Å². The molecule has 0 radical (unpaired) electrons. The van der Waals surface area contributed by atoms with Crippen LogP contribution >= 0.6 is 28.3 Å². The van der Waals surface area contributed by atoms with E-state index in [-0.39, 0.29) is 24.4 Å². The fraction of sp³-hybridized carbons (Fsp3) is 0.500. The average molecular weight is 364 g/mol. The van der Waals surface area contributed by atoms with Crippen molar-refractivity contribution in [3.63, 3.8) is 0 Å². The summed E-state index contributed by atoms with van der Waals surface area (Å²) in [6.07, 6.45) is 0.967. The lowest BCUT2D eigenvalue weighted by atomic mass is 9.95. The number of methoxy groups -OCH3 is 1. The molecule has 1 aromatic rings. The van der Waals surface area contributed by atoms with Crippen LogP contribution in [-0.2, 0) is 0 Å². The van der Waals surface area contributed by atoms with E-state index in [1.165, 1.54) is 0 Å². The molecule has 0 aliphatic carbocycles. The number of nitrogens with one attached hydrogen (secondary N) is 2. The van der Waals surface area contributed by atoms with E-state index in [9.17, 15) is 4.79 Å². The van der Waals surface area contributed by atoms with Crippen LogP contribution in [0.3, 0.4) is 0 Å². The Bertz CT molecular complexity index is 470. The van der Waals surface area contributed by atoms with E-state index >= 15 is 0 Å². The Kier molecular flexibility index (Phi) is 6.79. The van der Waals surface area contributed by atoms with Crippen molar-refractivity contribution in [2.45, 2.75) is 19.4 Å². The number of carbonyl (C=O) groups is 1. The highest BCUT2D eigenvalue weighted by Crippen LogP contribution is 2.23. The van der Waals surface area contributed by atoms with Gasteiger partial charge in [-0.1, -0.05) is 6.92 Å². The predicted octanol–water partition coefficient (Wildman–Crippen LogP) is 2.61. The highest BCUT2D eigenvalue weighted by Gasteiger charge is 2.23. The lowest BCUT2D eigenvalue weighted by Crippen LogP contribution is -2.48. The van der Waals surface area contributed by atoms with Gasteiger partial charge in [-0.25, -0.2) is 0 Å². The van der Waals surface area contributed by atoms with E-state index in [0.29, 0.717) is 17.2 Å². The van der Waals surface area contributed by atoms with E-state index in [2.05, 4.69) is 33.5 Å². The lowest BCUT2D eigenvalue weighted by molar-refractivity contribution is 0.0913. The number of rotatable bonds is 3. The number of hydrogen-bond donors (Lipinski definition) is 2. The molecule has 6 heteroatoms. The van der Waals surface area contributed by atoms with Gasteiger partial charge in [0, 0.05) is 10.5 Å². The topological polar surface area (TPSA) is 50.4 Å². The van der Waals surface area contributed by atoms with Gasteiger partial charge in [-0.2, -0.15) is 0 Å². The molecular weight excluding hydrogens is 344 g/mol. The van der Waals surface area contributed by atoms with Gasteiger partial charge in [0.25, 0.3) is 5.91 Å². The molecule has 1 aromatic carbocycles. The number of ether oxygens (including phenoxy) is 1. The molecule has 1 amide bonds. The molecule has 20 heavy (non-hydrogen) atoms. The van der Waals surface area contributed by atoms with Crippen LogP contribution in [0.15, 0.2) is 22.7 Å². The standard InChI is InChI=1S/C14H19BrN2O2.ClH/c1-9-8-16-6-5-13(9)17-14(18)11-7-10(19-2)3-4-12(11)15;/h3-4,7,9,13,16H,5-6,8H2,1-2H3,(H,17,18);1H. The Morgan fingerprint density at radius 2 is 2.25 bits per heavy atom. The Balaban J connectivity index is 0.00000200. The molecule has 0 bridgehead atoms. The summed E-state index contributed by atoms with van der Waals surface area (Å²) in [4.78, 5) is 12.3. The van der Waals surface area contributed by atoms with E-state index in [0.717, 1.165) is 24.0 Å². The quantitative estimate of drug-likeness (QED) is 0.868. The van der Waals surface area contributed by atoms with E-state index < -0.39 is 0 Å². The number of amides is 1. The molecule has 0 saturated carbocycles. The van der Waals surface area contributed by atoms with Crippen LogP contribution in [0, 0.1) is 5.92 Å². The highest BCUT2D eigenvalue weighted by molar-refractivity contribution is 9.10. The molecule has 2 atom stereocenters. The third-order valence-electron chi connectivity index (χ3n) is 3.52. The normalized spacial score (nSPS) is 21.8. The van der Waals surface area contributed by atoms with Gasteiger partial charge < -0.3 is 15.4 Å². The van der Waals surface area contributed by atoms with Crippen LogP contribution in [0.1, 0.15) is 23.7 Å². The molecule has 0 aromatic heterocycles. The fourth-order valence-corrected chi connectivity index (χ4v) is 2.71. The first kappa shape index (κ1) is 17.3. The van der Waals surface area contributed by atoms with Crippen molar-refractivity contribution in [1.82, 2.24) is 10.6 Å². The number of carbonyl (C=O) groups excluding carboxylic acids is 1. The van der Waals surface area contributed by atoms with Crippen molar-refractivity contribution in [3.8, 4) is 5.75 Å². The molecule has 1 fully saturated rings. The first-order chi connectivity index (χ1) is 9.11. The van der Waals surface area contributed by atoms with Gasteiger partial charge in [0.1, 0.15) is 5.75 Å². The van der Waals surface area contributed by atoms with Crippen LogP contribution in [0.5, 0.6) is 5.75 Å². The molecule has 1 aliphatic rings. The van der Waals surface area contributed by atoms with Crippen LogP contribution in [0.4, 0.5) is 0 Å². The number of piperidine rings is 1. The Labute approximate surface area is 134 Å². The molecule has 112 valence electrons. The molecule has 2 unspecified atom stereocenters. The number of hydrogen-bond acceptors (Lipinski definition) is 3. The molecule has 1 heterocycles. The van der Waals surface area contributed by atoms with Crippen molar-refractivity contribution in [1.29, 1.82) is 0 Å². The minimum atomic E-state index is -0.0514. The number of benzene rings is 1. The second kappa shape index (κ2) is 7.86. The van der Waals surface area contributed by atoms with Crippen LogP contribution in [0.25, 0.3) is 0 Å². The summed E-state index contributed by atoms with van der Waals surface area (Å²) in [5, 5.41) is 6.44. The molecule has 2 N–H and O–H groups in total. The first-order valence-electron chi connectivity index (χ1n) is 6.47. The zero-order valence-corrected chi connectivity index (χ0v) is 14.0. The van der Waals surface area contributed by atoms with Gasteiger partial charge in [0.15, 0.2) is 0 Å². The Morgan fingerprint density at radius 1 is 1.50 bits per heavy atom. The predicted molar refractivity (Wildman–Crippen MR) is 85.8 cm³/mol. The van der Waals surface area contributed by atoms with Crippen molar-refractivity contribution in [3.05, 3.63) is 28.2 Å². The monoisotopic (exact) mass is 362 g/mol. The van der Waals surface area contributed by atoms with Crippen LogP contribution < -0.4 is 15.4 Å². The molecule has 1 saturated heterocycles. The second-order valence-electron chi connectivity index (χ2n) is 4.90. The largest absolute Gasteiger partial charge is 0.497 e. The third kappa shape index (κ3) is 4.11. The van der Waals surface area contributed by atoms with Crippen LogP contribution in [0.2, 0.25) is 0 Å². The molecular formula is C14H20BrClN2O2. The summed E-state index contributed by atoms with van der Waals surface area (Å²) in [5.74, 6) is 1.08. The van der Waals surface area contributed by atoms with Crippen LogP contribution in [-0.4, -0.2) is 32.1 Å². The average Bonchev–Trinajstić information content (AvgIpc) is 2.42. The zero-order chi connectivity index (χ0) is 13.8. The summed E-state index contributed by atoms with van der Waals surface area (Å²) in [6, 6.07) is 5.64. The van der Waals surface area contributed by atoms with Gasteiger partial charge in [-0.15, -0.1) is 12.4 Å². The first-order valence-corrected chi connectivity index (χ1v) is 7.26. The summed E-state index contributed by atoms with van der Waals surface area (Å²) in [7, 11) is 1.60. The molecule has 0 spiro atoms. The zero-order valence-electron chi connectivity index (χ0n) is 11.6. The Hall–Kier alpha value is -0.780. The maximum absolute atomic E-state index is 12.3. The fourth-order valence-electron chi connectivity index (χ4n) is 2.28. The van der Waals surface area contributed by atoms with Crippen molar-refractivity contribution < 1.29 is 9.53 Å². The van der Waals surface area contributed by atoms with Gasteiger partial charge in [-0.3, -0.25) is 4.79 Å². The molecule has 1 aliphatic heterocycles. The van der Waals surface area contributed by atoms with Crippen molar-refractivity contribution in [2.24, 2.45) is 5.92 Å². The lowest BCUT2D eigenvalue weighted by Gasteiger charge is -2.30. The molecule has 4 nitrogen and oxygen atoms in total. The Morgan fingerprint density at radius 3 is 2.90 bits per heavy atom. The van der Waals surface area contributed by atoms with Gasteiger partial charge in [0.2, 0.25) is 0 Å². The van der Waals surface area contributed by atoms with Gasteiger partial charge >= 0.3 is 0 Å². The summed E-state index contributed by atoms with van der Waals surface area (Å²) in [6.45, 7) is 4.05.